The van der Waals surface area contributed by atoms with Gasteiger partial charge < -0.3 is 24.6 Å². The van der Waals surface area contributed by atoms with Crippen LogP contribution in [0.15, 0.2) is 42.6 Å². The Morgan fingerprint density at radius 3 is 2.60 bits per heavy atom. The van der Waals surface area contributed by atoms with E-state index in [9.17, 15) is 15.0 Å². The van der Waals surface area contributed by atoms with Crippen LogP contribution in [0.1, 0.15) is 51.2 Å². The largest absolute Gasteiger partial charge is 0.508 e. The Balaban J connectivity index is 1.28. The molecule has 1 unspecified atom stereocenters. The van der Waals surface area contributed by atoms with Gasteiger partial charge in [0.1, 0.15) is 17.6 Å². The maximum absolute atomic E-state index is 11.8. The highest BCUT2D eigenvalue weighted by Crippen LogP contribution is 2.39. The minimum Gasteiger partial charge on any atom is -0.508 e. The Morgan fingerprint density at radius 2 is 1.91 bits per heavy atom. The summed E-state index contributed by atoms with van der Waals surface area (Å²) in [5.41, 5.74) is 2.90. The molecule has 6 rings (SSSR count). The van der Waals surface area contributed by atoms with E-state index in [4.69, 9.17) is 9.47 Å². The van der Waals surface area contributed by atoms with Crippen LogP contribution in [0.4, 0.5) is 4.79 Å². The normalized spacial score (nSPS) is 24.2. The Labute approximate surface area is 204 Å². The summed E-state index contributed by atoms with van der Waals surface area (Å²) in [6, 6.07) is 11.3. The third kappa shape index (κ3) is 4.55. The van der Waals surface area contributed by atoms with Gasteiger partial charge in [-0.25, -0.2) is 9.48 Å². The number of amides is 1. The molecule has 2 N–H and O–H groups in total. The van der Waals surface area contributed by atoms with E-state index in [2.05, 4.69) is 11.2 Å². The van der Waals surface area contributed by atoms with Crippen molar-refractivity contribution in [3.8, 4) is 22.6 Å². The summed E-state index contributed by atoms with van der Waals surface area (Å²) >= 11 is 0. The zero-order chi connectivity index (χ0) is 23.9. The summed E-state index contributed by atoms with van der Waals surface area (Å²) in [4.78, 5) is 13.4. The number of carbonyl (C=O) groups is 1. The van der Waals surface area contributed by atoms with Crippen molar-refractivity contribution in [2.24, 2.45) is 5.92 Å². The first-order valence-corrected chi connectivity index (χ1v) is 12.6. The van der Waals surface area contributed by atoms with Crippen molar-refractivity contribution in [3.63, 3.8) is 0 Å². The van der Waals surface area contributed by atoms with Gasteiger partial charge in [-0.1, -0.05) is 12.1 Å². The first kappa shape index (κ1) is 22.2. The van der Waals surface area contributed by atoms with Gasteiger partial charge in [0.05, 0.1) is 17.1 Å². The first-order chi connectivity index (χ1) is 17.0. The predicted octanol–water partition coefficient (Wildman–Crippen LogP) is 5.41. The summed E-state index contributed by atoms with van der Waals surface area (Å²) in [7, 11) is 0. The molecule has 184 valence electrons. The number of phenols is 1. The molecule has 3 fully saturated rings. The van der Waals surface area contributed by atoms with Crippen molar-refractivity contribution >= 4 is 17.0 Å². The number of aromatic hydroxyl groups is 1. The highest BCUT2D eigenvalue weighted by Gasteiger charge is 2.40. The standard InChI is InChI=1S/C27H31N3O5/c31-21-8-6-18(7-9-21)19-11-24-23(15-28-30(24)26-3-1-2-10-34-26)25(12-19)35-22-13-20(14-22)29(27(32)33)16-17-4-5-17/h6-9,11-12,15,17,20,22,26,31H,1-5,10,13-14,16H2,(H,32,33). The maximum Gasteiger partial charge on any atom is 0.407 e. The lowest BCUT2D eigenvalue weighted by Gasteiger charge is -2.41. The summed E-state index contributed by atoms with van der Waals surface area (Å²) in [5.74, 6) is 1.50. The number of ether oxygens (including phenoxy) is 2. The number of carboxylic acid groups (broad SMARTS) is 1. The van der Waals surface area contributed by atoms with Gasteiger partial charge >= 0.3 is 6.09 Å². The number of nitrogens with zero attached hydrogens (tertiary/aromatic N) is 3. The van der Waals surface area contributed by atoms with Crippen LogP contribution < -0.4 is 4.74 Å². The van der Waals surface area contributed by atoms with Crippen LogP contribution in [-0.4, -0.2) is 56.3 Å². The molecule has 2 saturated carbocycles. The van der Waals surface area contributed by atoms with Crippen molar-refractivity contribution in [1.82, 2.24) is 14.7 Å². The van der Waals surface area contributed by atoms with Crippen LogP contribution in [0.2, 0.25) is 0 Å². The van der Waals surface area contributed by atoms with Gasteiger partial charge in [0.15, 0.2) is 6.23 Å². The van der Waals surface area contributed by atoms with Crippen LogP contribution in [0.25, 0.3) is 22.0 Å². The zero-order valence-electron chi connectivity index (χ0n) is 19.7. The summed E-state index contributed by atoms with van der Waals surface area (Å²) in [6.45, 7) is 1.37. The number of rotatable bonds is 7. The molecule has 1 aromatic heterocycles. The molecule has 0 radical (unpaired) electrons. The molecule has 1 atom stereocenters. The summed E-state index contributed by atoms with van der Waals surface area (Å²) in [5, 5.41) is 25.0. The molecular weight excluding hydrogens is 446 g/mol. The summed E-state index contributed by atoms with van der Waals surface area (Å²) in [6.07, 6.45) is 7.65. The van der Waals surface area contributed by atoms with Crippen LogP contribution >= 0.6 is 0 Å². The van der Waals surface area contributed by atoms with E-state index in [0.29, 0.717) is 25.3 Å². The molecule has 8 heteroatoms. The first-order valence-electron chi connectivity index (χ1n) is 12.6. The molecule has 1 amide bonds. The fraction of sp³-hybridized carbons (Fsp3) is 0.481. The second kappa shape index (κ2) is 9.07. The number of phenolic OH excluding ortho intramolecular Hbond substituents is 1. The fourth-order valence-corrected chi connectivity index (χ4v) is 5.21. The van der Waals surface area contributed by atoms with Crippen LogP contribution in [0.5, 0.6) is 11.5 Å². The third-order valence-corrected chi connectivity index (χ3v) is 7.51. The van der Waals surface area contributed by atoms with Crippen LogP contribution in [-0.2, 0) is 4.74 Å². The fourth-order valence-electron chi connectivity index (χ4n) is 5.21. The molecule has 3 aliphatic rings. The Hall–Kier alpha value is -3.26. The van der Waals surface area contributed by atoms with E-state index < -0.39 is 6.09 Å². The lowest BCUT2D eigenvalue weighted by molar-refractivity contribution is -0.0366. The number of aromatic nitrogens is 2. The molecule has 1 saturated heterocycles. The van der Waals surface area contributed by atoms with E-state index in [0.717, 1.165) is 66.5 Å². The Bertz CT molecular complexity index is 1210. The number of hydrogen-bond donors (Lipinski definition) is 2. The van der Waals surface area contributed by atoms with Crippen molar-refractivity contribution in [2.45, 2.75) is 63.3 Å². The molecule has 35 heavy (non-hydrogen) atoms. The summed E-state index contributed by atoms with van der Waals surface area (Å²) < 4.78 is 14.4. The van der Waals surface area contributed by atoms with E-state index >= 15 is 0 Å². The van der Waals surface area contributed by atoms with E-state index in [1.54, 1.807) is 17.0 Å². The molecule has 3 aromatic rings. The van der Waals surface area contributed by atoms with Crippen molar-refractivity contribution in [3.05, 3.63) is 42.6 Å². The monoisotopic (exact) mass is 477 g/mol. The number of benzene rings is 2. The van der Waals surface area contributed by atoms with Gasteiger partial charge in [0.2, 0.25) is 0 Å². The van der Waals surface area contributed by atoms with E-state index in [1.807, 2.05) is 29.1 Å². The Kier molecular flexibility index (Phi) is 5.76. The lowest BCUT2D eigenvalue weighted by atomic mass is 9.87. The highest BCUT2D eigenvalue weighted by molar-refractivity contribution is 5.90. The van der Waals surface area contributed by atoms with E-state index in [-0.39, 0.29) is 24.1 Å². The second-order valence-electron chi connectivity index (χ2n) is 10.1. The molecule has 2 heterocycles. The van der Waals surface area contributed by atoms with Gasteiger partial charge in [-0.05, 0) is 73.4 Å². The minimum atomic E-state index is -0.828. The smallest absolute Gasteiger partial charge is 0.407 e. The number of hydrogen-bond acceptors (Lipinski definition) is 5. The highest BCUT2D eigenvalue weighted by atomic mass is 16.5. The van der Waals surface area contributed by atoms with Gasteiger partial charge in [0.25, 0.3) is 0 Å². The van der Waals surface area contributed by atoms with Crippen molar-refractivity contribution < 1.29 is 24.5 Å². The number of fused-ring (bicyclic) bond motifs is 1. The average molecular weight is 478 g/mol. The molecule has 0 bridgehead atoms. The molecule has 8 nitrogen and oxygen atoms in total. The zero-order valence-corrected chi connectivity index (χ0v) is 19.7. The van der Waals surface area contributed by atoms with Crippen molar-refractivity contribution in [2.75, 3.05) is 13.2 Å². The van der Waals surface area contributed by atoms with Gasteiger partial charge in [0, 0.05) is 32.0 Å². The SMILES string of the molecule is O=C(O)N(CC1CC1)C1CC(Oc2cc(-c3ccc(O)cc3)cc3c2cnn3C2CCCCO2)C1. The molecule has 1 aliphatic heterocycles. The maximum atomic E-state index is 11.8. The topological polar surface area (TPSA) is 97.0 Å². The Morgan fingerprint density at radius 1 is 1.11 bits per heavy atom. The van der Waals surface area contributed by atoms with Crippen molar-refractivity contribution in [1.29, 1.82) is 0 Å². The van der Waals surface area contributed by atoms with E-state index in [1.165, 1.54) is 0 Å². The third-order valence-electron chi connectivity index (χ3n) is 7.51. The predicted molar refractivity (Wildman–Crippen MR) is 131 cm³/mol. The van der Waals surface area contributed by atoms with Gasteiger partial charge in [-0.15, -0.1) is 0 Å². The second-order valence-corrected chi connectivity index (χ2v) is 10.1. The minimum absolute atomic E-state index is 0.0206. The molecule has 2 aliphatic carbocycles. The average Bonchev–Trinajstić information content (AvgIpc) is 3.56. The molecular formula is C27H31N3O5. The molecule has 2 aromatic carbocycles. The quantitative estimate of drug-likeness (QED) is 0.472. The van der Waals surface area contributed by atoms with Gasteiger partial charge in [-0.3, -0.25) is 0 Å². The van der Waals surface area contributed by atoms with Crippen LogP contribution in [0.3, 0.4) is 0 Å². The molecule has 0 spiro atoms. The lowest BCUT2D eigenvalue weighted by Crippen LogP contribution is -2.51. The van der Waals surface area contributed by atoms with Crippen LogP contribution in [0, 0.1) is 5.92 Å². The van der Waals surface area contributed by atoms with Gasteiger partial charge in [-0.2, -0.15) is 5.10 Å².